The van der Waals surface area contributed by atoms with Crippen molar-refractivity contribution in [1.29, 1.82) is 0 Å². The average molecular weight is 379 g/mol. The van der Waals surface area contributed by atoms with Crippen LogP contribution >= 0.6 is 11.3 Å². The summed E-state index contributed by atoms with van der Waals surface area (Å²) in [6.07, 6.45) is 5.25. The number of thiophene rings is 1. The van der Waals surface area contributed by atoms with Gasteiger partial charge in [0, 0.05) is 43.0 Å². The summed E-state index contributed by atoms with van der Waals surface area (Å²) < 4.78 is 0. The van der Waals surface area contributed by atoms with Gasteiger partial charge in [-0.15, -0.1) is 11.3 Å². The number of benzene rings is 1. The Morgan fingerprint density at radius 1 is 1.11 bits per heavy atom. The SMILES string of the molecule is CCc1cc2c(N3CCC4(CN(CCc5ccccc5)C4)C3)ncnc2s1. The summed E-state index contributed by atoms with van der Waals surface area (Å²) in [7, 11) is 0. The zero-order valence-corrected chi connectivity index (χ0v) is 16.7. The van der Waals surface area contributed by atoms with E-state index in [0.29, 0.717) is 5.41 Å². The quantitative estimate of drug-likeness (QED) is 0.671. The first-order valence-corrected chi connectivity index (χ1v) is 10.8. The largest absolute Gasteiger partial charge is 0.355 e. The van der Waals surface area contributed by atoms with Crippen LogP contribution in [0.15, 0.2) is 42.7 Å². The number of aryl methyl sites for hydroxylation is 1. The molecule has 0 radical (unpaired) electrons. The minimum absolute atomic E-state index is 0.470. The standard InChI is InChI=1S/C22H26N4S/c1-2-18-12-19-20(23-16-24-21(19)27-18)26-11-9-22(15-26)13-25(14-22)10-8-17-6-4-3-5-7-17/h3-7,12,16H,2,8-11,13-15H2,1H3. The Labute approximate surface area is 164 Å². The van der Waals surface area contributed by atoms with E-state index in [0.717, 1.165) is 36.6 Å². The Balaban J connectivity index is 1.23. The van der Waals surface area contributed by atoms with E-state index in [1.807, 2.05) is 11.3 Å². The number of likely N-dealkylation sites (tertiary alicyclic amines) is 1. The Kier molecular flexibility index (Phi) is 4.37. The topological polar surface area (TPSA) is 32.3 Å². The van der Waals surface area contributed by atoms with Gasteiger partial charge in [0.1, 0.15) is 17.0 Å². The van der Waals surface area contributed by atoms with Crippen LogP contribution in [0.4, 0.5) is 5.82 Å². The van der Waals surface area contributed by atoms with Crippen LogP contribution in [0.1, 0.15) is 23.8 Å². The summed E-state index contributed by atoms with van der Waals surface area (Å²) in [4.78, 5) is 16.8. The lowest BCUT2D eigenvalue weighted by Gasteiger charge is -2.48. The summed E-state index contributed by atoms with van der Waals surface area (Å²) in [6, 6.07) is 13.1. The first kappa shape index (κ1) is 17.1. The minimum atomic E-state index is 0.470. The molecule has 2 saturated heterocycles. The van der Waals surface area contributed by atoms with Gasteiger partial charge < -0.3 is 9.80 Å². The van der Waals surface area contributed by atoms with Crippen molar-refractivity contribution in [2.24, 2.45) is 5.41 Å². The van der Waals surface area contributed by atoms with Crippen LogP contribution in [-0.4, -0.2) is 47.6 Å². The molecule has 0 atom stereocenters. The molecule has 3 aromatic rings. The molecule has 140 valence electrons. The van der Waals surface area contributed by atoms with Crippen molar-refractivity contribution >= 4 is 27.4 Å². The zero-order valence-electron chi connectivity index (χ0n) is 15.9. The Morgan fingerprint density at radius 2 is 1.96 bits per heavy atom. The highest BCUT2D eigenvalue weighted by molar-refractivity contribution is 7.18. The highest BCUT2D eigenvalue weighted by atomic mass is 32.1. The minimum Gasteiger partial charge on any atom is -0.355 e. The van der Waals surface area contributed by atoms with Crippen molar-refractivity contribution in [1.82, 2.24) is 14.9 Å². The van der Waals surface area contributed by atoms with Gasteiger partial charge in [0.25, 0.3) is 0 Å². The van der Waals surface area contributed by atoms with Crippen LogP contribution in [0, 0.1) is 5.41 Å². The fraction of sp³-hybridized carbons (Fsp3) is 0.455. The van der Waals surface area contributed by atoms with Crippen LogP contribution in [0.2, 0.25) is 0 Å². The predicted molar refractivity (Wildman–Crippen MR) is 113 cm³/mol. The van der Waals surface area contributed by atoms with Gasteiger partial charge in [0.05, 0.1) is 5.39 Å². The molecule has 1 spiro atoms. The molecule has 27 heavy (non-hydrogen) atoms. The number of nitrogens with zero attached hydrogens (tertiary/aromatic N) is 4. The van der Waals surface area contributed by atoms with E-state index in [-0.39, 0.29) is 0 Å². The van der Waals surface area contributed by atoms with Gasteiger partial charge in [-0.3, -0.25) is 0 Å². The molecule has 0 amide bonds. The Bertz CT molecular complexity index is 930. The molecule has 0 unspecified atom stereocenters. The van der Waals surface area contributed by atoms with Crippen molar-refractivity contribution < 1.29 is 0 Å². The van der Waals surface area contributed by atoms with Gasteiger partial charge >= 0.3 is 0 Å². The molecule has 4 heterocycles. The second-order valence-corrected chi connectivity index (χ2v) is 9.22. The maximum absolute atomic E-state index is 4.66. The Morgan fingerprint density at radius 3 is 2.78 bits per heavy atom. The number of aromatic nitrogens is 2. The lowest BCUT2D eigenvalue weighted by molar-refractivity contribution is 0.0195. The second-order valence-electron chi connectivity index (χ2n) is 8.10. The van der Waals surface area contributed by atoms with Crippen molar-refractivity contribution in [3.8, 4) is 0 Å². The lowest BCUT2D eigenvalue weighted by Crippen LogP contribution is -2.57. The maximum Gasteiger partial charge on any atom is 0.140 e. The van der Waals surface area contributed by atoms with Crippen molar-refractivity contribution in [3.63, 3.8) is 0 Å². The molecule has 2 aromatic heterocycles. The molecule has 0 bridgehead atoms. The van der Waals surface area contributed by atoms with E-state index in [2.05, 4.69) is 63.1 Å². The highest BCUT2D eigenvalue weighted by Crippen LogP contribution is 2.42. The van der Waals surface area contributed by atoms with E-state index in [1.54, 1.807) is 6.33 Å². The smallest absolute Gasteiger partial charge is 0.140 e. The molecule has 5 rings (SSSR count). The average Bonchev–Trinajstić information content (AvgIpc) is 3.30. The number of anilines is 1. The molecule has 4 nitrogen and oxygen atoms in total. The molecule has 0 N–H and O–H groups in total. The van der Waals surface area contributed by atoms with E-state index in [1.165, 1.54) is 41.9 Å². The van der Waals surface area contributed by atoms with Gasteiger partial charge in [-0.2, -0.15) is 0 Å². The van der Waals surface area contributed by atoms with Crippen molar-refractivity contribution in [2.75, 3.05) is 37.6 Å². The van der Waals surface area contributed by atoms with Crippen molar-refractivity contribution in [2.45, 2.75) is 26.2 Å². The number of fused-ring (bicyclic) bond motifs is 1. The number of hydrogen-bond donors (Lipinski definition) is 0. The molecule has 2 aliphatic rings. The van der Waals surface area contributed by atoms with Crippen LogP contribution in [0.3, 0.4) is 0 Å². The maximum atomic E-state index is 4.66. The molecular formula is C22H26N4S. The second kappa shape index (κ2) is 6.88. The van der Waals surface area contributed by atoms with Crippen molar-refractivity contribution in [3.05, 3.63) is 53.2 Å². The number of rotatable bonds is 5. The summed E-state index contributed by atoms with van der Waals surface area (Å²) in [6.45, 7) is 8.10. The Hall–Kier alpha value is -1.98. The fourth-order valence-corrected chi connectivity index (χ4v) is 5.62. The highest BCUT2D eigenvalue weighted by Gasteiger charge is 2.47. The molecule has 0 aliphatic carbocycles. The molecule has 0 saturated carbocycles. The molecule has 1 aromatic carbocycles. The summed E-state index contributed by atoms with van der Waals surface area (Å²) in [5.41, 5.74) is 1.91. The van der Waals surface area contributed by atoms with E-state index in [4.69, 9.17) is 0 Å². The monoisotopic (exact) mass is 378 g/mol. The first-order chi connectivity index (χ1) is 13.2. The molecule has 2 fully saturated rings. The molecular weight excluding hydrogens is 352 g/mol. The van der Waals surface area contributed by atoms with E-state index >= 15 is 0 Å². The molecule has 5 heteroatoms. The van der Waals surface area contributed by atoms with Gasteiger partial charge in [-0.05, 0) is 30.9 Å². The third-order valence-electron chi connectivity index (χ3n) is 6.12. The third kappa shape index (κ3) is 3.23. The number of hydrogen-bond acceptors (Lipinski definition) is 5. The molecule has 2 aliphatic heterocycles. The van der Waals surface area contributed by atoms with Gasteiger partial charge in [-0.25, -0.2) is 9.97 Å². The summed E-state index contributed by atoms with van der Waals surface area (Å²) in [5.74, 6) is 1.15. The summed E-state index contributed by atoms with van der Waals surface area (Å²) in [5, 5.41) is 1.25. The van der Waals surface area contributed by atoms with Crippen LogP contribution < -0.4 is 4.90 Å². The van der Waals surface area contributed by atoms with E-state index < -0.39 is 0 Å². The van der Waals surface area contributed by atoms with Crippen LogP contribution in [0.25, 0.3) is 10.2 Å². The van der Waals surface area contributed by atoms with E-state index in [9.17, 15) is 0 Å². The zero-order chi connectivity index (χ0) is 18.3. The van der Waals surface area contributed by atoms with Gasteiger partial charge in [0.2, 0.25) is 0 Å². The fourth-order valence-electron chi connectivity index (χ4n) is 4.69. The lowest BCUT2D eigenvalue weighted by atomic mass is 9.79. The predicted octanol–water partition coefficient (Wildman–Crippen LogP) is 4.01. The summed E-state index contributed by atoms with van der Waals surface area (Å²) >= 11 is 1.81. The third-order valence-corrected chi connectivity index (χ3v) is 7.31. The van der Waals surface area contributed by atoms with Crippen LogP contribution in [0.5, 0.6) is 0 Å². The van der Waals surface area contributed by atoms with Gasteiger partial charge in [-0.1, -0.05) is 37.3 Å². The normalized spacial score (nSPS) is 19.1. The van der Waals surface area contributed by atoms with Crippen LogP contribution in [-0.2, 0) is 12.8 Å². The first-order valence-electron chi connectivity index (χ1n) is 9.99. The van der Waals surface area contributed by atoms with Gasteiger partial charge in [0.15, 0.2) is 0 Å².